The summed E-state index contributed by atoms with van der Waals surface area (Å²) in [6.45, 7) is 0.983. The molecular weight excluding hydrogens is 282 g/mol. The summed E-state index contributed by atoms with van der Waals surface area (Å²) in [5, 5.41) is 0. The number of amides is 1. The van der Waals surface area contributed by atoms with Gasteiger partial charge in [0, 0.05) is 31.5 Å². The van der Waals surface area contributed by atoms with E-state index in [-0.39, 0.29) is 23.5 Å². The number of nitrogens with zero attached hydrogens (tertiary/aromatic N) is 1. The van der Waals surface area contributed by atoms with Gasteiger partial charge < -0.3 is 19.1 Å². The molecule has 1 aliphatic carbocycles. The molecule has 5 heteroatoms. The van der Waals surface area contributed by atoms with Crippen LogP contribution in [0, 0.1) is 0 Å². The lowest BCUT2D eigenvalue weighted by atomic mass is 9.63. The minimum atomic E-state index is -0.0549. The van der Waals surface area contributed by atoms with E-state index in [0.717, 1.165) is 30.8 Å². The Morgan fingerprint density at radius 3 is 2.95 bits per heavy atom. The van der Waals surface area contributed by atoms with Crippen molar-refractivity contribution in [1.82, 2.24) is 4.90 Å². The number of fused-ring (bicyclic) bond motifs is 2. The molecule has 0 N–H and O–H groups in total. The highest BCUT2D eigenvalue weighted by atomic mass is 16.7. The Kier molecular flexibility index (Phi) is 2.41. The molecule has 0 aromatic heterocycles. The molecule has 0 radical (unpaired) electrons. The predicted molar refractivity (Wildman–Crippen MR) is 77.8 cm³/mol. The first-order valence-corrected chi connectivity index (χ1v) is 7.96. The summed E-state index contributed by atoms with van der Waals surface area (Å²) >= 11 is 0. The van der Waals surface area contributed by atoms with Gasteiger partial charge in [-0.15, -0.1) is 0 Å². The van der Waals surface area contributed by atoms with E-state index in [1.165, 1.54) is 11.1 Å². The second-order valence-corrected chi connectivity index (χ2v) is 6.87. The molecule has 116 valence electrons. The Hall–Kier alpha value is -1.75. The van der Waals surface area contributed by atoms with Crippen LogP contribution in [0.5, 0.6) is 11.5 Å². The zero-order chi connectivity index (χ0) is 14.9. The number of hydrogen-bond acceptors (Lipinski definition) is 4. The Balaban J connectivity index is 1.66. The fraction of sp³-hybridized carbons (Fsp3) is 0.588. The van der Waals surface area contributed by atoms with Gasteiger partial charge in [-0.1, -0.05) is 0 Å². The van der Waals surface area contributed by atoms with Crippen LogP contribution in [0.1, 0.15) is 36.8 Å². The topological polar surface area (TPSA) is 48.0 Å². The van der Waals surface area contributed by atoms with E-state index in [9.17, 15) is 4.79 Å². The largest absolute Gasteiger partial charge is 0.454 e. The molecule has 1 aromatic carbocycles. The third-order valence-corrected chi connectivity index (χ3v) is 6.01. The number of rotatable bonds is 1. The van der Waals surface area contributed by atoms with Crippen molar-refractivity contribution in [2.45, 2.75) is 49.8 Å². The average molecular weight is 301 g/mol. The average Bonchev–Trinajstić information content (AvgIpc) is 3.06. The fourth-order valence-electron chi connectivity index (χ4n) is 4.94. The van der Waals surface area contributed by atoms with Gasteiger partial charge in [-0.25, -0.2) is 0 Å². The van der Waals surface area contributed by atoms with Gasteiger partial charge in [0.25, 0.3) is 0 Å². The molecule has 22 heavy (non-hydrogen) atoms. The van der Waals surface area contributed by atoms with Crippen LogP contribution in [0.25, 0.3) is 0 Å². The first-order valence-electron chi connectivity index (χ1n) is 7.96. The van der Waals surface area contributed by atoms with Crippen LogP contribution in [-0.2, 0) is 21.5 Å². The van der Waals surface area contributed by atoms with Gasteiger partial charge in [0.15, 0.2) is 11.5 Å². The third kappa shape index (κ3) is 1.45. The summed E-state index contributed by atoms with van der Waals surface area (Å²) in [6, 6.07) is 4.48. The molecule has 3 atom stereocenters. The number of methoxy groups -OCH3 is 1. The molecular formula is C17H19NO4. The SMILES string of the molecule is COC1CC[C@@]23CC(=O)N(Cc4cc5c(cc42)OCO5)[C@@H]3C1. The van der Waals surface area contributed by atoms with Gasteiger partial charge in [-0.05, 0) is 42.5 Å². The summed E-state index contributed by atoms with van der Waals surface area (Å²) in [7, 11) is 1.77. The Morgan fingerprint density at radius 1 is 1.32 bits per heavy atom. The lowest BCUT2D eigenvalue weighted by molar-refractivity contribution is -0.130. The van der Waals surface area contributed by atoms with Crippen molar-refractivity contribution >= 4 is 5.91 Å². The summed E-state index contributed by atoms with van der Waals surface area (Å²) in [4.78, 5) is 14.6. The summed E-state index contributed by atoms with van der Waals surface area (Å²) < 4.78 is 16.7. The molecule has 5 rings (SSSR count). The molecule has 0 spiro atoms. The van der Waals surface area contributed by atoms with Crippen LogP contribution in [0.15, 0.2) is 12.1 Å². The smallest absolute Gasteiger partial charge is 0.231 e. The van der Waals surface area contributed by atoms with Crippen LogP contribution in [-0.4, -0.2) is 36.9 Å². The van der Waals surface area contributed by atoms with Crippen LogP contribution >= 0.6 is 0 Å². The zero-order valence-electron chi connectivity index (χ0n) is 12.6. The summed E-state index contributed by atoms with van der Waals surface area (Å²) in [5.41, 5.74) is 2.47. The molecule has 1 unspecified atom stereocenters. The van der Waals surface area contributed by atoms with Crippen molar-refractivity contribution in [3.05, 3.63) is 23.3 Å². The zero-order valence-corrected chi connectivity index (χ0v) is 12.6. The Morgan fingerprint density at radius 2 is 2.14 bits per heavy atom. The first kappa shape index (κ1) is 12.8. The van der Waals surface area contributed by atoms with Crippen LogP contribution in [0.3, 0.4) is 0 Å². The minimum absolute atomic E-state index is 0.0549. The standard InChI is InChI=1S/C17H19NO4/c1-20-11-2-3-17-7-16(19)18(15(17)5-11)8-10-4-13-14(6-12(10)17)22-9-21-13/h4,6,11,15H,2-3,5,7-9H2,1H3/t11?,15-,17-/m1/s1. The molecule has 2 bridgehead atoms. The predicted octanol–water partition coefficient (Wildman–Crippen LogP) is 1.97. The van der Waals surface area contributed by atoms with Crippen molar-refractivity contribution in [3.63, 3.8) is 0 Å². The molecule has 3 heterocycles. The van der Waals surface area contributed by atoms with Gasteiger partial charge in [-0.3, -0.25) is 4.79 Å². The number of carbonyl (C=O) groups is 1. The summed E-state index contributed by atoms with van der Waals surface area (Å²) in [6.07, 6.45) is 3.85. The van der Waals surface area contributed by atoms with Crippen LogP contribution < -0.4 is 9.47 Å². The quantitative estimate of drug-likeness (QED) is 0.795. The number of benzene rings is 1. The first-order chi connectivity index (χ1) is 10.7. The maximum Gasteiger partial charge on any atom is 0.231 e. The maximum atomic E-state index is 12.6. The van der Waals surface area contributed by atoms with Crippen molar-refractivity contribution in [2.24, 2.45) is 0 Å². The van der Waals surface area contributed by atoms with Gasteiger partial charge in [0.05, 0.1) is 6.10 Å². The lowest BCUT2D eigenvalue weighted by Gasteiger charge is -2.48. The van der Waals surface area contributed by atoms with Gasteiger partial charge >= 0.3 is 0 Å². The monoisotopic (exact) mass is 301 g/mol. The Labute approximate surface area is 129 Å². The molecule has 1 saturated carbocycles. The van der Waals surface area contributed by atoms with Crippen molar-refractivity contribution in [1.29, 1.82) is 0 Å². The summed E-state index contributed by atoms with van der Waals surface area (Å²) in [5.74, 6) is 1.92. The maximum absolute atomic E-state index is 12.6. The highest BCUT2D eigenvalue weighted by molar-refractivity contribution is 5.83. The van der Waals surface area contributed by atoms with Crippen LogP contribution in [0.4, 0.5) is 0 Å². The fourth-order valence-corrected chi connectivity index (χ4v) is 4.94. The molecule has 2 fully saturated rings. The molecule has 5 nitrogen and oxygen atoms in total. The van der Waals surface area contributed by atoms with E-state index < -0.39 is 0 Å². The van der Waals surface area contributed by atoms with Crippen molar-refractivity contribution in [3.8, 4) is 11.5 Å². The number of ether oxygens (including phenoxy) is 3. The Bertz CT molecular complexity index is 673. The molecule has 3 aliphatic heterocycles. The highest BCUT2D eigenvalue weighted by Gasteiger charge is 2.58. The second kappa shape index (κ2) is 4.16. The van der Waals surface area contributed by atoms with Crippen molar-refractivity contribution in [2.75, 3.05) is 13.9 Å². The van der Waals surface area contributed by atoms with E-state index in [0.29, 0.717) is 19.8 Å². The van der Waals surface area contributed by atoms with E-state index in [4.69, 9.17) is 14.2 Å². The van der Waals surface area contributed by atoms with E-state index >= 15 is 0 Å². The van der Waals surface area contributed by atoms with E-state index in [1.807, 2.05) is 0 Å². The van der Waals surface area contributed by atoms with E-state index in [1.54, 1.807) is 7.11 Å². The third-order valence-electron chi connectivity index (χ3n) is 6.01. The second-order valence-electron chi connectivity index (χ2n) is 6.87. The van der Waals surface area contributed by atoms with Gasteiger partial charge in [0.1, 0.15) is 0 Å². The normalized spacial score (nSPS) is 34.6. The lowest BCUT2D eigenvalue weighted by Crippen LogP contribution is -2.52. The molecule has 4 aliphatic rings. The number of hydrogen-bond donors (Lipinski definition) is 0. The van der Waals surface area contributed by atoms with Gasteiger partial charge in [0.2, 0.25) is 12.7 Å². The van der Waals surface area contributed by atoms with E-state index in [2.05, 4.69) is 17.0 Å². The van der Waals surface area contributed by atoms with Crippen molar-refractivity contribution < 1.29 is 19.0 Å². The highest BCUT2D eigenvalue weighted by Crippen LogP contribution is 2.56. The minimum Gasteiger partial charge on any atom is -0.454 e. The molecule has 1 amide bonds. The number of carbonyl (C=O) groups excluding carboxylic acids is 1. The van der Waals surface area contributed by atoms with Gasteiger partial charge in [-0.2, -0.15) is 0 Å². The molecule has 1 saturated heterocycles. The molecule has 1 aromatic rings. The van der Waals surface area contributed by atoms with Crippen LogP contribution in [0.2, 0.25) is 0 Å².